The summed E-state index contributed by atoms with van der Waals surface area (Å²) in [5.41, 5.74) is 2.27. The van der Waals surface area contributed by atoms with Gasteiger partial charge in [-0.2, -0.15) is 5.26 Å². The van der Waals surface area contributed by atoms with Gasteiger partial charge in [-0.05, 0) is 55.5 Å². The van der Waals surface area contributed by atoms with Gasteiger partial charge < -0.3 is 19.7 Å². The van der Waals surface area contributed by atoms with Crippen LogP contribution in [0.2, 0.25) is 0 Å². The van der Waals surface area contributed by atoms with E-state index in [1.807, 2.05) is 68.4 Å². The van der Waals surface area contributed by atoms with E-state index in [2.05, 4.69) is 17.4 Å². The van der Waals surface area contributed by atoms with Crippen molar-refractivity contribution in [3.05, 3.63) is 107 Å². The second-order valence-corrected chi connectivity index (χ2v) is 11.0. The summed E-state index contributed by atoms with van der Waals surface area (Å²) in [6.45, 7) is 4.04. The molecule has 0 aromatic heterocycles. The van der Waals surface area contributed by atoms with E-state index in [9.17, 15) is 14.4 Å². The fraction of sp³-hybridized carbons (Fsp3) is 0.355. The lowest BCUT2D eigenvalue weighted by Crippen LogP contribution is -2.50. The van der Waals surface area contributed by atoms with Crippen molar-refractivity contribution in [2.75, 3.05) is 0 Å². The number of halogens is 1. The smallest absolute Gasteiger partial charge is 0.318 e. The normalized spacial score (nSPS) is 29.3. The van der Waals surface area contributed by atoms with Crippen LogP contribution in [-0.2, 0) is 22.4 Å². The lowest BCUT2D eigenvalue weighted by Gasteiger charge is -2.34. The second kappa shape index (κ2) is 9.23. The van der Waals surface area contributed by atoms with Crippen LogP contribution in [0.4, 0.5) is 9.18 Å². The number of carbonyl (C=O) groups excluding carboxylic acids is 1. The Hall–Kier alpha value is -3.73. The maximum atomic E-state index is 14.1. The number of nitrogens with one attached hydrogen (secondary N) is 1. The van der Waals surface area contributed by atoms with Crippen LogP contribution in [0, 0.1) is 17.1 Å². The van der Waals surface area contributed by atoms with Crippen LogP contribution in [0.25, 0.3) is 0 Å². The van der Waals surface area contributed by atoms with E-state index in [-0.39, 0.29) is 36.2 Å². The molecule has 1 spiro atoms. The molecular weight excluding hydrogens is 481 g/mol. The Labute approximate surface area is 222 Å². The summed E-state index contributed by atoms with van der Waals surface area (Å²) in [6, 6.07) is 26.0. The maximum Gasteiger partial charge on any atom is 0.318 e. The lowest BCUT2D eigenvalue weighted by molar-refractivity contribution is -0.155. The van der Waals surface area contributed by atoms with Crippen LogP contribution in [0.5, 0.6) is 0 Å². The SMILES string of the molecule is CC1(C)O[C@H]2[C@@H](Cc3ccccc3)N(Cc3ccc(F)c(C#N)c3)C(=O)NC3(C[C@@H]3c3ccccc3)[C@@H]2O1. The number of nitrogens with zero attached hydrogens (tertiary/aromatic N) is 2. The van der Waals surface area contributed by atoms with Gasteiger partial charge in [0.15, 0.2) is 5.79 Å². The third kappa shape index (κ3) is 4.34. The molecule has 3 fully saturated rings. The molecule has 2 aliphatic heterocycles. The summed E-state index contributed by atoms with van der Waals surface area (Å²) in [6.07, 6.45) is 0.569. The standard InChI is InChI=1S/C31H30FN3O3/c1-30(2)37-27-26(16-20-9-5-3-6-10-20)35(19-21-13-14-25(32)23(15-21)18-33)29(36)34-31(28(27)38-30)17-24(31)22-11-7-4-8-12-22/h3-15,24,26-28H,16-17,19H2,1-2H3,(H,34,36)/t24-,26-,27+,28-,31?/m1/s1. The third-order valence-electron chi connectivity index (χ3n) is 8.01. The Bertz CT molecular complexity index is 1390. The molecule has 1 N–H and O–H groups in total. The average Bonchev–Trinajstić information content (AvgIpc) is 3.56. The molecule has 3 aliphatic rings. The molecule has 5 atom stereocenters. The van der Waals surface area contributed by atoms with Crippen molar-refractivity contribution >= 4 is 6.03 Å². The molecule has 0 radical (unpaired) electrons. The quantitative estimate of drug-likeness (QED) is 0.506. The van der Waals surface area contributed by atoms with Gasteiger partial charge in [0.1, 0.15) is 24.1 Å². The molecule has 1 aliphatic carbocycles. The van der Waals surface area contributed by atoms with E-state index in [1.54, 1.807) is 11.0 Å². The van der Waals surface area contributed by atoms with Gasteiger partial charge in [0.2, 0.25) is 0 Å². The Balaban J connectivity index is 1.42. The van der Waals surface area contributed by atoms with E-state index in [0.717, 1.165) is 17.5 Å². The predicted octanol–water partition coefficient (Wildman–Crippen LogP) is 5.28. The number of carbonyl (C=O) groups is 1. The van der Waals surface area contributed by atoms with Gasteiger partial charge in [0.05, 0.1) is 17.1 Å². The van der Waals surface area contributed by atoms with Crippen LogP contribution in [0.1, 0.15) is 48.4 Å². The van der Waals surface area contributed by atoms with E-state index >= 15 is 0 Å². The Kier molecular flexibility index (Phi) is 5.97. The number of hydrogen-bond donors (Lipinski definition) is 1. The van der Waals surface area contributed by atoms with Crippen molar-refractivity contribution < 1.29 is 18.7 Å². The summed E-state index contributed by atoms with van der Waals surface area (Å²) in [5, 5.41) is 12.7. The molecule has 194 valence electrons. The fourth-order valence-electron chi connectivity index (χ4n) is 6.19. The van der Waals surface area contributed by atoms with Gasteiger partial charge >= 0.3 is 6.03 Å². The molecule has 38 heavy (non-hydrogen) atoms. The van der Waals surface area contributed by atoms with Crippen LogP contribution >= 0.6 is 0 Å². The zero-order valence-corrected chi connectivity index (χ0v) is 21.4. The molecular formula is C31H30FN3O3. The third-order valence-corrected chi connectivity index (χ3v) is 8.01. The second-order valence-electron chi connectivity index (χ2n) is 11.0. The first kappa shape index (κ1) is 24.6. The molecule has 3 aromatic carbocycles. The number of fused-ring (bicyclic) bond motifs is 2. The molecule has 7 heteroatoms. The monoisotopic (exact) mass is 511 g/mol. The molecule has 3 aromatic rings. The summed E-state index contributed by atoms with van der Waals surface area (Å²) < 4.78 is 27.2. The highest BCUT2D eigenvalue weighted by atomic mass is 19.1. The van der Waals surface area contributed by atoms with Crippen molar-refractivity contribution in [2.24, 2.45) is 0 Å². The number of nitriles is 1. The predicted molar refractivity (Wildman–Crippen MR) is 139 cm³/mol. The van der Waals surface area contributed by atoms with Gasteiger partial charge in [0, 0.05) is 12.5 Å². The van der Waals surface area contributed by atoms with E-state index in [0.29, 0.717) is 12.0 Å². The first-order valence-electron chi connectivity index (χ1n) is 13.0. The largest absolute Gasteiger partial charge is 0.342 e. The maximum absolute atomic E-state index is 14.1. The summed E-state index contributed by atoms with van der Waals surface area (Å²) in [4.78, 5) is 15.8. The van der Waals surface area contributed by atoms with Crippen molar-refractivity contribution in [2.45, 2.75) is 68.7 Å². The molecule has 6 nitrogen and oxygen atoms in total. The first-order chi connectivity index (χ1) is 18.3. The van der Waals surface area contributed by atoms with E-state index in [4.69, 9.17) is 9.47 Å². The van der Waals surface area contributed by atoms with Crippen LogP contribution in [-0.4, -0.2) is 40.5 Å². The van der Waals surface area contributed by atoms with Crippen molar-refractivity contribution in [1.29, 1.82) is 5.26 Å². The number of amides is 2. The minimum Gasteiger partial charge on any atom is -0.342 e. The lowest BCUT2D eigenvalue weighted by atomic mass is 9.91. The molecule has 1 saturated carbocycles. The number of benzene rings is 3. The van der Waals surface area contributed by atoms with Gasteiger partial charge in [-0.1, -0.05) is 66.7 Å². The number of rotatable bonds is 5. The molecule has 6 rings (SSSR count). The topological polar surface area (TPSA) is 74.6 Å². The van der Waals surface area contributed by atoms with E-state index < -0.39 is 23.2 Å². The summed E-state index contributed by atoms with van der Waals surface area (Å²) in [7, 11) is 0. The van der Waals surface area contributed by atoms with Gasteiger partial charge in [-0.15, -0.1) is 0 Å². The zero-order chi connectivity index (χ0) is 26.5. The number of hydrogen-bond acceptors (Lipinski definition) is 4. The highest BCUT2D eigenvalue weighted by Gasteiger charge is 2.69. The molecule has 0 bridgehead atoms. The zero-order valence-electron chi connectivity index (χ0n) is 21.4. The molecule has 1 unspecified atom stereocenters. The molecule has 2 amide bonds. The van der Waals surface area contributed by atoms with Crippen molar-refractivity contribution in [3.8, 4) is 6.07 Å². The van der Waals surface area contributed by atoms with Gasteiger partial charge in [-0.3, -0.25) is 0 Å². The highest BCUT2D eigenvalue weighted by Crippen LogP contribution is 2.59. The number of ether oxygens (including phenoxy) is 2. The Morgan fingerprint density at radius 1 is 1.03 bits per heavy atom. The van der Waals surface area contributed by atoms with E-state index in [1.165, 1.54) is 12.1 Å². The van der Waals surface area contributed by atoms with Gasteiger partial charge in [-0.25, -0.2) is 9.18 Å². The average molecular weight is 512 g/mol. The van der Waals surface area contributed by atoms with Gasteiger partial charge in [0.25, 0.3) is 0 Å². The fourth-order valence-corrected chi connectivity index (χ4v) is 6.19. The minimum absolute atomic E-state index is 0.0420. The molecule has 2 saturated heterocycles. The van der Waals surface area contributed by atoms with Crippen LogP contribution in [0.15, 0.2) is 78.9 Å². The summed E-state index contributed by atoms with van der Waals surface area (Å²) in [5.74, 6) is -1.29. The Morgan fingerprint density at radius 2 is 1.74 bits per heavy atom. The van der Waals surface area contributed by atoms with Crippen LogP contribution < -0.4 is 5.32 Å². The minimum atomic E-state index is -0.821. The van der Waals surface area contributed by atoms with Crippen LogP contribution in [0.3, 0.4) is 0 Å². The first-order valence-corrected chi connectivity index (χ1v) is 13.0. The van der Waals surface area contributed by atoms with Crippen molar-refractivity contribution in [1.82, 2.24) is 10.2 Å². The summed E-state index contributed by atoms with van der Waals surface area (Å²) >= 11 is 0. The van der Waals surface area contributed by atoms with Crippen molar-refractivity contribution in [3.63, 3.8) is 0 Å². The molecule has 2 heterocycles. The number of urea groups is 1. The highest BCUT2D eigenvalue weighted by molar-refractivity contribution is 5.78. The Morgan fingerprint density at radius 3 is 2.45 bits per heavy atom.